The largest absolute Gasteiger partial charge is 0.392 e. The maximum atomic E-state index is 9.83. The number of aryl methyl sites for hydroxylation is 2. The van der Waals surface area contributed by atoms with Crippen molar-refractivity contribution in [2.75, 3.05) is 19.6 Å². The number of aliphatic hydroxyl groups excluding tert-OH is 1. The van der Waals surface area contributed by atoms with Crippen LogP contribution in [0.5, 0.6) is 0 Å². The Kier molecular flexibility index (Phi) is 3.84. The van der Waals surface area contributed by atoms with E-state index in [1.807, 2.05) is 4.68 Å². The first kappa shape index (κ1) is 14.0. The van der Waals surface area contributed by atoms with Gasteiger partial charge in [-0.05, 0) is 27.2 Å². The summed E-state index contributed by atoms with van der Waals surface area (Å²) in [6.45, 7) is 11.4. The van der Waals surface area contributed by atoms with Crippen molar-refractivity contribution < 1.29 is 5.11 Å². The van der Waals surface area contributed by atoms with Gasteiger partial charge in [-0.1, -0.05) is 0 Å². The second kappa shape index (κ2) is 5.47. The zero-order valence-corrected chi connectivity index (χ0v) is 12.8. The lowest BCUT2D eigenvalue weighted by Crippen LogP contribution is -2.54. The molecule has 1 aromatic rings. The molecule has 20 heavy (non-hydrogen) atoms. The maximum Gasteiger partial charge on any atom is 0.0682 e. The quantitative estimate of drug-likeness (QED) is 0.890. The van der Waals surface area contributed by atoms with Crippen LogP contribution in [-0.2, 0) is 13.1 Å². The Hall–Kier alpha value is -0.910. The smallest absolute Gasteiger partial charge is 0.0682 e. The van der Waals surface area contributed by atoms with Crippen molar-refractivity contribution in [1.29, 1.82) is 0 Å². The minimum atomic E-state index is -0.128. The summed E-state index contributed by atoms with van der Waals surface area (Å²) in [6.07, 6.45) is 2.98. The Morgan fingerprint density at radius 3 is 2.85 bits per heavy atom. The van der Waals surface area contributed by atoms with E-state index in [4.69, 9.17) is 0 Å². The van der Waals surface area contributed by atoms with Crippen LogP contribution in [-0.4, -0.2) is 62.5 Å². The number of piperazine rings is 1. The molecule has 5 heteroatoms. The molecular weight excluding hydrogens is 252 g/mol. The number of rotatable bonds is 3. The molecule has 0 spiro atoms. The molecule has 2 aliphatic heterocycles. The highest BCUT2D eigenvalue weighted by Crippen LogP contribution is 2.26. The Balaban J connectivity index is 1.69. The summed E-state index contributed by atoms with van der Waals surface area (Å²) in [6, 6.07) is 1.07. The van der Waals surface area contributed by atoms with Crippen molar-refractivity contribution in [2.45, 2.75) is 58.5 Å². The van der Waals surface area contributed by atoms with Gasteiger partial charge in [0.15, 0.2) is 0 Å². The highest BCUT2D eigenvalue weighted by molar-refractivity contribution is 5.16. The molecule has 112 valence electrons. The van der Waals surface area contributed by atoms with Crippen LogP contribution in [0.1, 0.15) is 31.5 Å². The second-order valence-electron chi connectivity index (χ2n) is 6.37. The minimum absolute atomic E-state index is 0.128. The first-order chi connectivity index (χ1) is 9.56. The Morgan fingerprint density at radius 1 is 1.35 bits per heavy atom. The third-order valence-corrected chi connectivity index (χ3v) is 4.82. The van der Waals surface area contributed by atoms with Crippen molar-refractivity contribution in [2.24, 2.45) is 0 Å². The predicted octanol–water partition coefficient (Wildman–Crippen LogP) is 0.851. The van der Waals surface area contributed by atoms with Gasteiger partial charge in [-0.25, -0.2) is 0 Å². The lowest BCUT2D eigenvalue weighted by Gasteiger charge is -2.42. The van der Waals surface area contributed by atoms with E-state index in [0.29, 0.717) is 12.1 Å². The number of fused-ring (bicyclic) bond motifs is 1. The number of nitrogens with zero attached hydrogens (tertiary/aromatic N) is 4. The zero-order chi connectivity index (χ0) is 14.3. The predicted molar refractivity (Wildman–Crippen MR) is 78.5 cm³/mol. The van der Waals surface area contributed by atoms with Gasteiger partial charge >= 0.3 is 0 Å². The Labute approximate surface area is 121 Å². The van der Waals surface area contributed by atoms with E-state index in [9.17, 15) is 5.11 Å². The van der Waals surface area contributed by atoms with E-state index in [1.165, 1.54) is 5.56 Å². The van der Waals surface area contributed by atoms with Gasteiger partial charge in [0.1, 0.15) is 0 Å². The fourth-order valence-corrected chi connectivity index (χ4v) is 3.59. The van der Waals surface area contributed by atoms with Crippen molar-refractivity contribution >= 4 is 0 Å². The number of aliphatic hydroxyl groups is 1. The molecule has 3 rings (SSSR count). The van der Waals surface area contributed by atoms with Crippen LogP contribution in [0.25, 0.3) is 0 Å². The lowest BCUT2D eigenvalue weighted by atomic mass is 10.1. The third kappa shape index (κ3) is 2.62. The zero-order valence-electron chi connectivity index (χ0n) is 12.8. The summed E-state index contributed by atoms with van der Waals surface area (Å²) in [4.78, 5) is 5.00. The van der Waals surface area contributed by atoms with Crippen LogP contribution < -0.4 is 0 Å². The molecule has 0 aliphatic carbocycles. The first-order valence-electron chi connectivity index (χ1n) is 7.76. The summed E-state index contributed by atoms with van der Waals surface area (Å²) in [5.74, 6) is 0. The van der Waals surface area contributed by atoms with Crippen molar-refractivity contribution in [3.63, 3.8) is 0 Å². The fourth-order valence-electron chi connectivity index (χ4n) is 3.59. The molecule has 0 radical (unpaired) electrons. The molecule has 1 unspecified atom stereocenters. The molecule has 2 saturated heterocycles. The highest BCUT2D eigenvalue weighted by Gasteiger charge is 2.38. The van der Waals surface area contributed by atoms with Gasteiger partial charge < -0.3 is 5.11 Å². The van der Waals surface area contributed by atoms with Crippen LogP contribution >= 0.6 is 0 Å². The first-order valence-corrected chi connectivity index (χ1v) is 7.76. The summed E-state index contributed by atoms with van der Waals surface area (Å²) in [5.41, 5.74) is 2.48. The molecule has 0 bridgehead atoms. The second-order valence-corrected chi connectivity index (χ2v) is 6.37. The Bertz CT molecular complexity index is 472. The number of hydrogen-bond acceptors (Lipinski definition) is 4. The molecule has 3 heterocycles. The average Bonchev–Trinajstić information content (AvgIpc) is 2.92. The summed E-state index contributed by atoms with van der Waals surface area (Å²) in [5, 5.41) is 14.4. The lowest BCUT2D eigenvalue weighted by molar-refractivity contribution is 0.0527. The molecule has 0 saturated carbocycles. The van der Waals surface area contributed by atoms with Crippen LogP contribution in [0.15, 0.2) is 6.20 Å². The van der Waals surface area contributed by atoms with Crippen molar-refractivity contribution in [3.8, 4) is 0 Å². The third-order valence-electron chi connectivity index (χ3n) is 4.82. The maximum absolute atomic E-state index is 9.83. The monoisotopic (exact) mass is 278 g/mol. The van der Waals surface area contributed by atoms with Gasteiger partial charge in [-0.2, -0.15) is 5.10 Å². The van der Waals surface area contributed by atoms with Crippen LogP contribution in [0.3, 0.4) is 0 Å². The minimum Gasteiger partial charge on any atom is -0.392 e. The summed E-state index contributed by atoms with van der Waals surface area (Å²) < 4.78 is 2.02. The van der Waals surface area contributed by atoms with Gasteiger partial charge in [-0.3, -0.25) is 14.5 Å². The number of aromatic nitrogens is 2. The van der Waals surface area contributed by atoms with E-state index in [1.54, 1.807) is 0 Å². The molecule has 1 aromatic heterocycles. The molecule has 2 aliphatic rings. The highest BCUT2D eigenvalue weighted by atomic mass is 16.3. The van der Waals surface area contributed by atoms with Gasteiger partial charge in [-0.15, -0.1) is 0 Å². The summed E-state index contributed by atoms with van der Waals surface area (Å²) in [7, 11) is 0. The number of hydrogen-bond donors (Lipinski definition) is 1. The van der Waals surface area contributed by atoms with Gasteiger partial charge in [0, 0.05) is 56.6 Å². The van der Waals surface area contributed by atoms with Crippen LogP contribution in [0, 0.1) is 6.92 Å². The Morgan fingerprint density at radius 2 is 2.15 bits per heavy atom. The van der Waals surface area contributed by atoms with E-state index in [-0.39, 0.29) is 6.10 Å². The van der Waals surface area contributed by atoms with Crippen LogP contribution in [0.2, 0.25) is 0 Å². The molecule has 0 aromatic carbocycles. The fraction of sp³-hybridized carbons (Fsp3) is 0.800. The van der Waals surface area contributed by atoms with Crippen LogP contribution in [0.4, 0.5) is 0 Å². The molecule has 2 fully saturated rings. The van der Waals surface area contributed by atoms with E-state index in [2.05, 4.69) is 41.9 Å². The average molecular weight is 278 g/mol. The van der Waals surface area contributed by atoms with E-state index >= 15 is 0 Å². The molecule has 5 nitrogen and oxygen atoms in total. The molecule has 0 amide bonds. The van der Waals surface area contributed by atoms with E-state index in [0.717, 1.165) is 44.8 Å². The normalized spacial score (nSPS) is 31.7. The van der Waals surface area contributed by atoms with E-state index < -0.39 is 0 Å². The molecule has 1 N–H and O–H groups in total. The van der Waals surface area contributed by atoms with Crippen molar-refractivity contribution in [1.82, 2.24) is 19.6 Å². The van der Waals surface area contributed by atoms with Crippen molar-refractivity contribution in [3.05, 3.63) is 17.5 Å². The van der Waals surface area contributed by atoms with Gasteiger partial charge in [0.05, 0.1) is 11.8 Å². The van der Waals surface area contributed by atoms with Gasteiger partial charge in [0.25, 0.3) is 0 Å². The molecular formula is C15H26N4O. The molecule has 3 atom stereocenters. The SMILES string of the molecule is CCn1cc(CN2CC3C[C@@H](O)CN3C[C@H]2C)c(C)n1. The van der Waals surface area contributed by atoms with Gasteiger partial charge in [0.2, 0.25) is 0 Å². The topological polar surface area (TPSA) is 44.5 Å². The summed E-state index contributed by atoms with van der Waals surface area (Å²) >= 11 is 0. The standard InChI is InChI=1S/C15H26N4O/c1-4-19-8-13(12(3)16-19)7-17-9-14-5-15(20)10-18(14)6-11(17)2/h8,11,14-15,20H,4-7,9-10H2,1-3H3/t11-,14?,15-/m1/s1.